The highest BCUT2D eigenvalue weighted by Crippen LogP contribution is 2.27. The molecular weight excluding hydrogens is 431 g/mol. The molecule has 0 aliphatic rings. The molecule has 9 heteroatoms. The summed E-state index contributed by atoms with van der Waals surface area (Å²) in [5.41, 5.74) is 3.55. The first kappa shape index (κ1) is 25.8. The number of aliphatic imine (C=N–C) groups is 1. The van der Waals surface area contributed by atoms with E-state index in [1.807, 2.05) is 49.5 Å². The number of aliphatic hydroxyl groups excluding tert-OH is 1. The van der Waals surface area contributed by atoms with Crippen molar-refractivity contribution in [3.05, 3.63) is 66.5 Å². The van der Waals surface area contributed by atoms with E-state index in [-0.39, 0.29) is 5.82 Å². The van der Waals surface area contributed by atoms with Crippen LogP contribution in [0.5, 0.6) is 0 Å². The maximum Gasteiger partial charge on any atom is 0.416 e. The molecule has 0 saturated heterocycles. The Labute approximate surface area is 191 Å². The normalized spacial score (nSPS) is 13.8. The van der Waals surface area contributed by atoms with Gasteiger partial charge in [0.25, 0.3) is 0 Å². The maximum atomic E-state index is 12.8. The van der Waals surface area contributed by atoms with Crippen LogP contribution in [0.3, 0.4) is 0 Å². The Morgan fingerprint density at radius 3 is 2.61 bits per heavy atom. The van der Waals surface area contributed by atoms with Gasteiger partial charge in [-0.1, -0.05) is 36.9 Å². The van der Waals surface area contributed by atoms with Crippen LogP contribution in [-0.2, 0) is 0 Å². The van der Waals surface area contributed by atoms with E-state index in [9.17, 15) is 18.3 Å². The number of alkyl halides is 3. The highest BCUT2D eigenvalue weighted by atomic mass is 19.4. The van der Waals surface area contributed by atoms with Crippen molar-refractivity contribution in [2.45, 2.75) is 19.2 Å². The van der Waals surface area contributed by atoms with Crippen molar-refractivity contribution in [1.29, 1.82) is 0 Å². The van der Waals surface area contributed by atoms with Gasteiger partial charge in [-0.15, -0.1) is 0 Å². The van der Waals surface area contributed by atoms with Gasteiger partial charge in [-0.05, 0) is 24.1 Å². The molecule has 6 nitrogen and oxygen atoms in total. The first-order valence-corrected chi connectivity index (χ1v) is 10.2. The van der Waals surface area contributed by atoms with Crippen LogP contribution in [0.15, 0.2) is 60.4 Å². The van der Waals surface area contributed by atoms with Crippen molar-refractivity contribution >= 4 is 23.2 Å². The molecule has 1 unspecified atom stereocenters. The average molecular weight is 460 g/mol. The number of nitrogens with zero attached hydrogens (tertiary/aromatic N) is 4. The molecule has 0 aliphatic carbocycles. The topological polar surface area (TPSA) is 73.6 Å². The molecular formula is C24H28F3N5O. The quantitative estimate of drug-likeness (QED) is 0.421. The Kier molecular flexibility index (Phi) is 8.93. The van der Waals surface area contributed by atoms with Gasteiger partial charge in [-0.25, -0.2) is 9.97 Å². The van der Waals surface area contributed by atoms with Crippen LogP contribution in [0.4, 0.5) is 19.0 Å². The molecule has 1 atom stereocenters. The predicted molar refractivity (Wildman–Crippen MR) is 128 cm³/mol. The zero-order valence-electron chi connectivity index (χ0n) is 19.1. The minimum absolute atomic E-state index is 0.162. The Hall–Kier alpha value is -3.46. The second-order valence-electron chi connectivity index (χ2n) is 7.36. The molecule has 0 amide bonds. The number of anilines is 1. The smallest absolute Gasteiger partial charge is 0.383 e. The lowest BCUT2D eigenvalue weighted by Crippen LogP contribution is -2.35. The van der Waals surface area contributed by atoms with E-state index in [1.165, 1.54) is 6.20 Å². The summed E-state index contributed by atoms with van der Waals surface area (Å²) in [6.45, 7) is 4.88. The maximum absolute atomic E-state index is 12.8. The number of nitrogens with one attached hydrogen (secondary N) is 1. The van der Waals surface area contributed by atoms with E-state index >= 15 is 0 Å². The molecule has 0 radical (unpaired) electrons. The van der Waals surface area contributed by atoms with E-state index in [4.69, 9.17) is 0 Å². The number of hydrogen-bond donors (Lipinski definition) is 2. The van der Waals surface area contributed by atoms with Crippen LogP contribution in [0.2, 0.25) is 0 Å². The largest absolute Gasteiger partial charge is 0.416 e. The number of halogens is 3. The van der Waals surface area contributed by atoms with Gasteiger partial charge in [0.15, 0.2) is 11.9 Å². The van der Waals surface area contributed by atoms with Crippen molar-refractivity contribution in [2.75, 3.05) is 33.0 Å². The molecule has 2 N–H and O–H groups in total. The van der Waals surface area contributed by atoms with E-state index in [2.05, 4.69) is 26.9 Å². The molecule has 1 heterocycles. The summed E-state index contributed by atoms with van der Waals surface area (Å²) in [7, 11) is 5.39. The summed E-state index contributed by atoms with van der Waals surface area (Å²) >= 11 is 0. The van der Waals surface area contributed by atoms with Crippen LogP contribution < -0.4 is 5.32 Å². The van der Waals surface area contributed by atoms with E-state index in [0.29, 0.717) is 22.5 Å². The molecule has 1 aromatic carbocycles. The molecule has 0 fully saturated rings. The van der Waals surface area contributed by atoms with Crippen molar-refractivity contribution in [3.63, 3.8) is 0 Å². The van der Waals surface area contributed by atoms with Crippen molar-refractivity contribution in [2.24, 2.45) is 4.99 Å². The molecule has 33 heavy (non-hydrogen) atoms. The summed E-state index contributed by atoms with van der Waals surface area (Å²) in [5.74, 6) is 0.483. The molecule has 0 saturated carbocycles. The SMILES string of the molecule is C=C/C(=C\N(C)C)c1cccc(-c2ncc(C(/C=N\C)=C/C)c(NCC(O)C(F)(F)F)n2)c1. The zero-order chi connectivity index (χ0) is 24.6. The number of hydrogen-bond acceptors (Lipinski definition) is 6. The van der Waals surface area contributed by atoms with Gasteiger partial charge in [0.2, 0.25) is 0 Å². The van der Waals surface area contributed by atoms with Gasteiger partial charge in [-0.3, -0.25) is 4.99 Å². The van der Waals surface area contributed by atoms with Gasteiger partial charge < -0.3 is 15.3 Å². The Balaban J connectivity index is 2.53. The standard InChI is InChI=1S/C24H28F3N5O/c1-6-16(12-28-3)20-13-29-22(31-23(20)30-14-21(33)24(25,26)27)19-10-8-9-18(11-19)17(7-2)15-32(4)5/h6-13,15,21,33H,2,14H2,1,3-5H3,(H,29,30,31)/b16-6+,17-15+,28-12-. The number of aromatic nitrogens is 2. The third kappa shape index (κ3) is 7.01. The second-order valence-corrected chi connectivity index (χ2v) is 7.36. The molecule has 0 bridgehead atoms. The molecule has 0 spiro atoms. The van der Waals surface area contributed by atoms with Gasteiger partial charge in [0, 0.05) is 56.5 Å². The number of allylic oxidation sites excluding steroid dienone is 4. The minimum Gasteiger partial charge on any atom is -0.383 e. The monoisotopic (exact) mass is 459 g/mol. The molecule has 2 rings (SSSR count). The van der Waals surface area contributed by atoms with E-state index in [0.717, 1.165) is 11.1 Å². The highest BCUT2D eigenvalue weighted by molar-refractivity contribution is 6.11. The lowest BCUT2D eigenvalue weighted by Gasteiger charge is -2.18. The van der Waals surface area contributed by atoms with Crippen LogP contribution in [0.1, 0.15) is 18.1 Å². The first-order chi connectivity index (χ1) is 15.6. The first-order valence-electron chi connectivity index (χ1n) is 10.2. The summed E-state index contributed by atoms with van der Waals surface area (Å²) in [5, 5.41) is 12.0. The van der Waals surface area contributed by atoms with Gasteiger partial charge >= 0.3 is 6.18 Å². The lowest BCUT2D eigenvalue weighted by atomic mass is 10.0. The molecule has 2 aromatic rings. The third-order valence-corrected chi connectivity index (χ3v) is 4.59. The number of aliphatic hydroxyl groups is 1. The van der Waals surface area contributed by atoms with Gasteiger partial charge in [0.1, 0.15) is 5.82 Å². The van der Waals surface area contributed by atoms with Gasteiger partial charge in [-0.2, -0.15) is 13.2 Å². The Bertz CT molecular complexity index is 1060. The second kappa shape index (κ2) is 11.4. The van der Waals surface area contributed by atoms with Crippen molar-refractivity contribution in [3.8, 4) is 11.4 Å². The third-order valence-electron chi connectivity index (χ3n) is 4.59. The highest BCUT2D eigenvalue weighted by Gasteiger charge is 2.38. The summed E-state index contributed by atoms with van der Waals surface area (Å²) in [6, 6.07) is 7.46. The minimum atomic E-state index is -4.74. The fourth-order valence-corrected chi connectivity index (χ4v) is 2.98. The zero-order valence-corrected chi connectivity index (χ0v) is 19.1. The number of benzene rings is 1. The molecule has 176 valence electrons. The summed E-state index contributed by atoms with van der Waals surface area (Å²) in [4.78, 5) is 14.8. The van der Waals surface area contributed by atoms with E-state index < -0.39 is 18.8 Å². The molecule has 1 aromatic heterocycles. The Morgan fingerprint density at radius 2 is 2.03 bits per heavy atom. The number of rotatable bonds is 9. The predicted octanol–water partition coefficient (Wildman–Crippen LogP) is 4.67. The fourth-order valence-electron chi connectivity index (χ4n) is 2.98. The lowest BCUT2D eigenvalue weighted by molar-refractivity contribution is -0.198. The van der Waals surface area contributed by atoms with Crippen LogP contribution in [-0.4, -0.2) is 66.2 Å². The summed E-state index contributed by atoms with van der Waals surface area (Å²) < 4.78 is 38.4. The van der Waals surface area contributed by atoms with Crippen LogP contribution >= 0.6 is 0 Å². The van der Waals surface area contributed by atoms with Gasteiger partial charge in [0.05, 0.1) is 6.54 Å². The van der Waals surface area contributed by atoms with E-state index in [1.54, 1.807) is 32.3 Å². The van der Waals surface area contributed by atoms with Crippen molar-refractivity contribution < 1.29 is 18.3 Å². The summed E-state index contributed by atoms with van der Waals surface area (Å²) in [6.07, 6.45) is 1.21. The molecule has 0 aliphatic heterocycles. The Morgan fingerprint density at radius 1 is 1.30 bits per heavy atom. The van der Waals surface area contributed by atoms with Crippen molar-refractivity contribution in [1.82, 2.24) is 14.9 Å². The fraction of sp³-hybridized carbons (Fsp3) is 0.292. The average Bonchev–Trinajstić information content (AvgIpc) is 2.78. The van der Waals surface area contributed by atoms with Crippen LogP contribution in [0, 0.1) is 0 Å². The van der Waals surface area contributed by atoms with Crippen LogP contribution in [0.25, 0.3) is 22.5 Å².